The Hall–Kier alpha value is -2.57. The molecule has 0 aliphatic carbocycles. The third kappa shape index (κ3) is 7.12. The Morgan fingerprint density at radius 3 is 2.42 bits per heavy atom. The van der Waals surface area contributed by atoms with Crippen LogP contribution in [0, 0.1) is 12.2 Å². The molecular formula is C23H22N2Pt. The molecule has 0 unspecified atom stereocenters. The zero-order valence-electron chi connectivity index (χ0n) is 14.8. The molecule has 0 fully saturated rings. The average molecular weight is 522 g/mol. The third-order valence-corrected chi connectivity index (χ3v) is 3.15. The van der Waals surface area contributed by atoms with E-state index < -0.39 is 0 Å². The van der Waals surface area contributed by atoms with Crippen LogP contribution in [0.1, 0.15) is 11.4 Å². The summed E-state index contributed by atoms with van der Waals surface area (Å²) in [6.07, 6.45) is 14.7. The van der Waals surface area contributed by atoms with E-state index in [0.29, 0.717) is 23.4 Å². The second kappa shape index (κ2) is 12.7. The molecular weight excluding hydrogens is 499 g/mol. The van der Waals surface area contributed by atoms with Crippen molar-refractivity contribution in [3.8, 4) is 0 Å². The van der Waals surface area contributed by atoms with Gasteiger partial charge in [-0.25, -0.2) is 0 Å². The Bertz CT molecular complexity index is 792. The largest absolute Gasteiger partial charge is 2.00 e. The fourth-order valence-electron chi connectivity index (χ4n) is 2.06. The van der Waals surface area contributed by atoms with E-state index in [-0.39, 0.29) is 21.1 Å². The molecule has 134 valence electrons. The zero-order valence-corrected chi connectivity index (χ0v) is 17.1. The van der Waals surface area contributed by atoms with Crippen molar-refractivity contribution in [2.75, 3.05) is 0 Å². The molecule has 0 aliphatic rings. The molecule has 0 bridgehead atoms. The molecule has 3 heteroatoms. The molecule has 0 atom stereocenters. The van der Waals surface area contributed by atoms with Crippen LogP contribution in [0.5, 0.6) is 0 Å². The maximum absolute atomic E-state index is 4.60. The van der Waals surface area contributed by atoms with E-state index in [9.17, 15) is 0 Å². The van der Waals surface area contributed by atoms with Crippen LogP contribution >= 0.6 is 0 Å². The minimum Gasteiger partial charge on any atom is -0.317 e. The Morgan fingerprint density at radius 1 is 1.15 bits per heavy atom. The molecule has 0 aliphatic heterocycles. The predicted molar refractivity (Wildman–Crippen MR) is 109 cm³/mol. The zero-order chi connectivity index (χ0) is 18.7. The molecule has 0 amide bonds. The summed E-state index contributed by atoms with van der Waals surface area (Å²) in [6.45, 7) is 22.6. The number of rotatable bonds is 10. The van der Waals surface area contributed by atoms with Gasteiger partial charge in [0.05, 0.1) is 0 Å². The Labute approximate surface area is 171 Å². The van der Waals surface area contributed by atoms with Gasteiger partial charge < -0.3 is 9.98 Å². The Morgan fingerprint density at radius 2 is 1.88 bits per heavy atom. The van der Waals surface area contributed by atoms with E-state index in [2.05, 4.69) is 61.6 Å². The van der Waals surface area contributed by atoms with E-state index in [4.69, 9.17) is 0 Å². The summed E-state index contributed by atoms with van der Waals surface area (Å²) in [5.74, 6) is 0. The minimum atomic E-state index is 0. The van der Waals surface area contributed by atoms with Crippen molar-refractivity contribution in [2.24, 2.45) is 4.99 Å². The van der Waals surface area contributed by atoms with Gasteiger partial charge in [0.15, 0.2) is 0 Å². The van der Waals surface area contributed by atoms with Gasteiger partial charge in [-0.2, -0.15) is 37.0 Å². The van der Waals surface area contributed by atoms with Crippen LogP contribution in [0.15, 0.2) is 104 Å². The number of aromatic nitrogens is 1. The summed E-state index contributed by atoms with van der Waals surface area (Å²) in [4.78, 5) is 9.10. The molecule has 2 nitrogen and oxygen atoms in total. The molecule has 0 saturated carbocycles. The predicted octanol–water partition coefficient (Wildman–Crippen LogP) is 5.42. The molecule has 0 radical (unpaired) electrons. The first-order valence-corrected chi connectivity index (χ1v) is 7.67. The van der Waals surface area contributed by atoms with Gasteiger partial charge in [0.2, 0.25) is 0 Å². The summed E-state index contributed by atoms with van der Waals surface area (Å²) >= 11 is 0. The van der Waals surface area contributed by atoms with Crippen LogP contribution in [0.25, 0.3) is 5.57 Å². The van der Waals surface area contributed by atoms with Crippen LogP contribution < -0.4 is 0 Å². The molecule has 0 N–H and O–H groups in total. The van der Waals surface area contributed by atoms with E-state index in [1.165, 1.54) is 0 Å². The molecule has 1 heterocycles. The van der Waals surface area contributed by atoms with Crippen molar-refractivity contribution >= 4 is 11.3 Å². The van der Waals surface area contributed by atoms with Crippen molar-refractivity contribution in [3.63, 3.8) is 0 Å². The van der Waals surface area contributed by atoms with Gasteiger partial charge in [-0.3, -0.25) is 0 Å². The summed E-state index contributed by atoms with van der Waals surface area (Å²) in [5, 5.41) is 0. The number of pyridine rings is 1. The first kappa shape index (κ1) is 23.4. The van der Waals surface area contributed by atoms with Crippen molar-refractivity contribution in [1.82, 2.24) is 4.98 Å². The second-order valence-corrected chi connectivity index (χ2v) is 4.92. The van der Waals surface area contributed by atoms with E-state index >= 15 is 0 Å². The van der Waals surface area contributed by atoms with Gasteiger partial charge in [0.25, 0.3) is 0 Å². The summed E-state index contributed by atoms with van der Waals surface area (Å²) < 4.78 is 0. The molecule has 0 saturated heterocycles. The van der Waals surface area contributed by atoms with Gasteiger partial charge in [0, 0.05) is 17.8 Å². The quantitative estimate of drug-likeness (QED) is 0.229. The maximum atomic E-state index is 4.60. The van der Waals surface area contributed by atoms with E-state index in [0.717, 1.165) is 17.0 Å². The second-order valence-electron chi connectivity index (χ2n) is 4.92. The Kier molecular flexibility index (Phi) is 11.5. The first-order chi connectivity index (χ1) is 12.1. The van der Waals surface area contributed by atoms with Crippen LogP contribution in [-0.4, -0.2) is 10.7 Å². The molecule has 26 heavy (non-hydrogen) atoms. The fraction of sp³-hybridized carbons (Fsp3) is 0.0435. The molecule has 1 aromatic heterocycles. The molecule has 1 aromatic rings. The van der Waals surface area contributed by atoms with Gasteiger partial charge in [-0.1, -0.05) is 24.8 Å². The van der Waals surface area contributed by atoms with Crippen molar-refractivity contribution in [3.05, 3.63) is 123 Å². The smallest absolute Gasteiger partial charge is 0.317 e. The topological polar surface area (TPSA) is 25.2 Å². The Balaban J connectivity index is 0.00000625. The monoisotopic (exact) mass is 521 g/mol. The van der Waals surface area contributed by atoms with Crippen LogP contribution in [-0.2, 0) is 27.5 Å². The van der Waals surface area contributed by atoms with Crippen LogP contribution in [0.4, 0.5) is 0 Å². The van der Waals surface area contributed by atoms with Crippen molar-refractivity contribution in [1.29, 1.82) is 0 Å². The minimum absolute atomic E-state index is 0. The standard InChI is InChI=1S/C23H22N2.Pt/c1-7-13-19(9-3)22(11-5)24-18(6)17-21-15-12-16-23(25-21)20(10-4)14-8-2;/h7-8,10-13,15-16H,1-6,17H2;/q-2;+2. The average Bonchev–Trinajstić information content (AvgIpc) is 2.62. The summed E-state index contributed by atoms with van der Waals surface area (Å²) in [6, 6.07) is 5.75. The number of aliphatic imine (C=N–C) groups is 1. The molecule has 0 aromatic carbocycles. The van der Waals surface area contributed by atoms with E-state index in [1.807, 2.05) is 18.2 Å². The summed E-state index contributed by atoms with van der Waals surface area (Å²) in [5.41, 5.74) is 4.42. The van der Waals surface area contributed by atoms with Crippen molar-refractivity contribution in [2.45, 2.75) is 6.42 Å². The third-order valence-electron chi connectivity index (χ3n) is 3.15. The molecule has 1 rings (SSSR count). The number of hydrogen-bond acceptors (Lipinski definition) is 2. The van der Waals surface area contributed by atoms with Gasteiger partial charge in [-0.05, 0) is 17.5 Å². The van der Waals surface area contributed by atoms with Gasteiger partial charge in [0.1, 0.15) is 0 Å². The maximum Gasteiger partial charge on any atom is 2.00 e. The number of allylic oxidation sites excluding steroid dienone is 10. The molecule has 0 spiro atoms. The number of hydrogen-bond donors (Lipinski definition) is 0. The summed E-state index contributed by atoms with van der Waals surface area (Å²) in [7, 11) is 0. The van der Waals surface area contributed by atoms with Crippen molar-refractivity contribution < 1.29 is 21.1 Å². The van der Waals surface area contributed by atoms with Crippen LogP contribution in [0.2, 0.25) is 0 Å². The fourth-order valence-corrected chi connectivity index (χ4v) is 2.06. The normalized spacial score (nSPS) is 11.8. The number of nitrogens with zero attached hydrogens (tertiary/aromatic N) is 2. The van der Waals surface area contributed by atoms with E-state index in [1.54, 1.807) is 30.4 Å². The first-order valence-electron chi connectivity index (χ1n) is 7.67. The van der Waals surface area contributed by atoms with Crippen LogP contribution in [0.3, 0.4) is 0 Å². The SMILES string of the molecule is C=[C-]C(=CC=C)C(C=C)=NC(=C)Cc1cccc(C(=[C-]C=C)C=C)n1.[Pt+2]. The van der Waals surface area contributed by atoms with Gasteiger partial charge in [-0.15, -0.1) is 43.5 Å². The van der Waals surface area contributed by atoms with Gasteiger partial charge >= 0.3 is 21.1 Å².